The lowest BCUT2D eigenvalue weighted by atomic mass is 10.1. The molecule has 2 aliphatic heterocycles. The molecule has 1 aromatic rings. The van der Waals surface area contributed by atoms with Crippen molar-refractivity contribution < 1.29 is 13.9 Å². The first-order valence-corrected chi connectivity index (χ1v) is 7.19. The average molecular weight is 282 g/mol. The second-order valence-corrected chi connectivity index (χ2v) is 5.98. The molecular weight excluding hydrogens is 262 g/mol. The Kier molecular flexibility index (Phi) is 3.65. The number of benzene rings is 1. The van der Waals surface area contributed by atoms with E-state index < -0.39 is 17.4 Å². The molecule has 2 saturated heterocycles. The molecule has 1 aromatic carbocycles. The van der Waals surface area contributed by atoms with E-state index in [0.29, 0.717) is 24.2 Å². The molecule has 0 bridgehead atoms. The van der Waals surface area contributed by atoms with E-state index in [9.17, 15) is 8.78 Å². The van der Waals surface area contributed by atoms with Crippen molar-refractivity contribution in [1.29, 1.82) is 0 Å². The maximum atomic E-state index is 13.4. The van der Waals surface area contributed by atoms with Gasteiger partial charge >= 0.3 is 0 Å². The molecule has 2 unspecified atom stereocenters. The second-order valence-electron chi connectivity index (χ2n) is 5.98. The molecule has 20 heavy (non-hydrogen) atoms. The molecule has 0 spiro atoms. The van der Waals surface area contributed by atoms with Gasteiger partial charge in [0.15, 0.2) is 17.4 Å². The van der Waals surface area contributed by atoms with Gasteiger partial charge in [0.1, 0.15) is 0 Å². The Morgan fingerprint density at radius 2 is 1.95 bits per heavy atom. The highest BCUT2D eigenvalue weighted by Crippen LogP contribution is 2.27. The number of fused-ring (bicyclic) bond motifs is 1. The second kappa shape index (κ2) is 5.30. The van der Waals surface area contributed by atoms with Crippen LogP contribution in [0.25, 0.3) is 0 Å². The first-order chi connectivity index (χ1) is 9.54. The lowest BCUT2D eigenvalue weighted by Crippen LogP contribution is -2.54. The van der Waals surface area contributed by atoms with E-state index in [-0.39, 0.29) is 0 Å². The Labute approximate surface area is 117 Å². The van der Waals surface area contributed by atoms with Gasteiger partial charge in [0.05, 0.1) is 0 Å². The fourth-order valence-electron chi connectivity index (χ4n) is 3.41. The summed E-state index contributed by atoms with van der Waals surface area (Å²) in [6.07, 6.45) is 2.45. The molecule has 0 amide bonds. The molecule has 1 N–H and O–H groups in total. The minimum Gasteiger partial charge on any atom is -0.503 e. The number of aromatic hydroxyl groups is 1. The molecule has 2 heterocycles. The van der Waals surface area contributed by atoms with Gasteiger partial charge in [-0.3, -0.25) is 9.80 Å². The Bertz CT molecular complexity index is 486. The van der Waals surface area contributed by atoms with Crippen molar-refractivity contribution in [3.8, 4) is 5.75 Å². The van der Waals surface area contributed by atoms with Crippen LogP contribution in [-0.2, 0) is 6.54 Å². The summed E-state index contributed by atoms with van der Waals surface area (Å²) >= 11 is 0. The van der Waals surface area contributed by atoms with E-state index in [2.05, 4.69) is 16.7 Å². The van der Waals surface area contributed by atoms with Crippen LogP contribution in [0.3, 0.4) is 0 Å². The molecule has 0 aliphatic carbocycles. The van der Waals surface area contributed by atoms with Gasteiger partial charge in [-0.1, -0.05) is 0 Å². The molecule has 110 valence electrons. The van der Waals surface area contributed by atoms with Crippen LogP contribution in [0.1, 0.15) is 25.3 Å². The van der Waals surface area contributed by atoms with Crippen molar-refractivity contribution in [2.75, 3.05) is 19.6 Å². The van der Waals surface area contributed by atoms with E-state index >= 15 is 0 Å². The summed E-state index contributed by atoms with van der Waals surface area (Å²) in [7, 11) is 0. The van der Waals surface area contributed by atoms with Gasteiger partial charge in [-0.05, 0) is 44.0 Å². The largest absolute Gasteiger partial charge is 0.503 e. The number of nitrogens with zero attached hydrogens (tertiary/aromatic N) is 2. The van der Waals surface area contributed by atoms with Crippen LogP contribution < -0.4 is 0 Å². The zero-order valence-corrected chi connectivity index (χ0v) is 11.6. The smallest absolute Gasteiger partial charge is 0.187 e. The van der Waals surface area contributed by atoms with Gasteiger partial charge in [-0.2, -0.15) is 0 Å². The van der Waals surface area contributed by atoms with Crippen LogP contribution in [0.15, 0.2) is 12.1 Å². The third kappa shape index (κ3) is 2.52. The van der Waals surface area contributed by atoms with E-state index in [1.54, 1.807) is 0 Å². The summed E-state index contributed by atoms with van der Waals surface area (Å²) in [5.74, 6) is -2.65. The number of hydrogen-bond acceptors (Lipinski definition) is 3. The normalized spacial score (nSPS) is 27.8. The SMILES string of the molecule is CC1CN2CCCC2CN1Cc1cc(F)c(O)c(F)c1. The van der Waals surface area contributed by atoms with Gasteiger partial charge in [-0.15, -0.1) is 0 Å². The molecule has 2 atom stereocenters. The Morgan fingerprint density at radius 1 is 1.25 bits per heavy atom. The zero-order chi connectivity index (χ0) is 14.3. The van der Waals surface area contributed by atoms with Crippen LogP contribution in [-0.4, -0.2) is 46.6 Å². The molecule has 2 aliphatic rings. The quantitative estimate of drug-likeness (QED) is 0.902. The van der Waals surface area contributed by atoms with Crippen molar-refractivity contribution in [1.82, 2.24) is 9.80 Å². The molecule has 5 heteroatoms. The van der Waals surface area contributed by atoms with Gasteiger partial charge in [-0.25, -0.2) is 8.78 Å². The van der Waals surface area contributed by atoms with Crippen LogP contribution in [0.5, 0.6) is 5.75 Å². The lowest BCUT2D eigenvalue weighted by Gasteiger charge is -2.42. The van der Waals surface area contributed by atoms with Crippen LogP contribution >= 0.6 is 0 Å². The maximum Gasteiger partial charge on any atom is 0.187 e. The topological polar surface area (TPSA) is 26.7 Å². The molecule has 0 radical (unpaired) electrons. The molecule has 0 aromatic heterocycles. The minimum absolute atomic E-state index is 0.379. The third-order valence-electron chi connectivity index (χ3n) is 4.53. The summed E-state index contributed by atoms with van der Waals surface area (Å²) in [4.78, 5) is 4.79. The number of phenolic OH excluding ortho intramolecular Hbond substituents is 1. The first kappa shape index (κ1) is 13.8. The van der Waals surface area contributed by atoms with E-state index in [1.165, 1.54) is 31.5 Å². The number of halogens is 2. The predicted octanol–water partition coefficient (Wildman–Crippen LogP) is 2.34. The van der Waals surface area contributed by atoms with Crippen molar-refractivity contribution in [2.45, 2.75) is 38.4 Å². The number of piperazine rings is 1. The maximum absolute atomic E-state index is 13.4. The van der Waals surface area contributed by atoms with Gasteiger partial charge < -0.3 is 5.11 Å². The van der Waals surface area contributed by atoms with Crippen LogP contribution in [0.4, 0.5) is 8.78 Å². The molecule has 0 saturated carbocycles. The highest BCUT2D eigenvalue weighted by Gasteiger charge is 2.34. The van der Waals surface area contributed by atoms with E-state index in [1.807, 2.05) is 0 Å². The minimum atomic E-state index is -0.887. The number of hydrogen-bond donors (Lipinski definition) is 1. The third-order valence-corrected chi connectivity index (χ3v) is 4.53. The van der Waals surface area contributed by atoms with Crippen molar-refractivity contribution in [3.05, 3.63) is 29.3 Å². The highest BCUT2D eigenvalue weighted by molar-refractivity contribution is 5.30. The fourth-order valence-corrected chi connectivity index (χ4v) is 3.41. The zero-order valence-electron chi connectivity index (χ0n) is 11.6. The van der Waals surface area contributed by atoms with Crippen LogP contribution in [0, 0.1) is 11.6 Å². The summed E-state index contributed by atoms with van der Waals surface area (Å²) in [5, 5.41) is 9.14. The first-order valence-electron chi connectivity index (χ1n) is 7.19. The summed E-state index contributed by atoms with van der Waals surface area (Å²) in [6, 6.07) is 3.42. The monoisotopic (exact) mass is 282 g/mol. The molecule has 2 fully saturated rings. The molecule has 3 rings (SSSR count). The van der Waals surface area contributed by atoms with Crippen LogP contribution in [0.2, 0.25) is 0 Å². The van der Waals surface area contributed by atoms with Gasteiger partial charge in [0.2, 0.25) is 0 Å². The lowest BCUT2D eigenvalue weighted by molar-refractivity contribution is 0.0539. The predicted molar refractivity (Wildman–Crippen MR) is 72.5 cm³/mol. The molecular formula is C15H20F2N2O. The highest BCUT2D eigenvalue weighted by atomic mass is 19.1. The van der Waals surface area contributed by atoms with Gasteiger partial charge in [0, 0.05) is 31.7 Å². The Hall–Kier alpha value is -1.20. The summed E-state index contributed by atoms with van der Waals surface area (Å²) in [6.45, 7) is 5.83. The van der Waals surface area contributed by atoms with Crippen molar-refractivity contribution in [3.63, 3.8) is 0 Å². The van der Waals surface area contributed by atoms with Crippen molar-refractivity contribution in [2.24, 2.45) is 0 Å². The molecule has 3 nitrogen and oxygen atoms in total. The summed E-state index contributed by atoms with van der Waals surface area (Å²) < 4.78 is 26.8. The van der Waals surface area contributed by atoms with E-state index in [4.69, 9.17) is 5.11 Å². The Morgan fingerprint density at radius 3 is 2.65 bits per heavy atom. The standard InChI is InChI=1S/C15H20F2N2O/c1-10-7-18-4-2-3-12(18)9-19(10)8-11-5-13(16)15(20)14(17)6-11/h5-6,10,12,20H,2-4,7-9H2,1H3. The summed E-state index contributed by atoms with van der Waals surface area (Å²) in [5.41, 5.74) is 0.580. The van der Waals surface area contributed by atoms with E-state index in [0.717, 1.165) is 13.1 Å². The average Bonchev–Trinajstić information content (AvgIpc) is 2.83. The Balaban J connectivity index is 1.74. The van der Waals surface area contributed by atoms with Gasteiger partial charge in [0.25, 0.3) is 0 Å². The van der Waals surface area contributed by atoms with Crippen molar-refractivity contribution >= 4 is 0 Å². The number of rotatable bonds is 2. The number of phenols is 1. The fraction of sp³-hybridized carbons (Fsp3) is 0.600.